The fourth-order valence-corrected chi connectivity index (χ4v) is 5.16. The van der Waals surface area contributed by atoms with Gasteiger partial charge in [-0.1, -0.05) is 19.9 Å². The summed E-state index contributed by atoms with van der Waals surface area (Å²) in [5, 5.41) is 1.94. The normalized spacial score (nSPS) is 22.6. The van der Waals surface area contributed by atoms with Crippen LogP contribution in [0.5, 0.6) is 5.75 Å². The number of carbonyl (C=O) groups is 2. The molecule has 29 heavy (non-hydrogen) atoms. The summed E-state index contributed by atoms with van der Waals surface area (Å²) in [5.74, 6) is 1.21. The first-order valence-electron chi connectivity index (χ1n) is 10.1. The fraction of sp³-hybridized carbons (Fsp3) is 0.391. The molecule has 2 unspecified atom stereocenters. The van der Waals surface area contributed by atoms with Crippen molar-refractivity contribution in [3.8, 4) is 5.75 Å². The monoisotopic (exact) mass is 410 g/mol. The third-order valence-electron chi connectivity index (χ3n) is 5.42. The Labute approximate surface area is 175 Å². The van der Waals surface area contributed by atoms with E-state index in [2.05, 4.69) is 18.7 Å². The molecule has 6 heteroatoms. The molecule has 0 bridgehead atoms. The molecule has 5 nitrogen and oxygen atoms in total. The van der Waals surface area contributed by atoms with Gasteiger partial charge in [-0.05, 0) is 60.9 Å². The second-order valence-corrected chi connectivity index (χ2v) is 8.87. The zero-order valence-corrected chi connectivity index (χ0v) is 17.9. The van der Waals surface area contributed by atoms with E-state index in [-0.39, 0.29) is 11.8 Å². The van der Waals surface area contributed by atoms with E-state index < -0.39 is 0 Å². The highest BCUT2D eigenvalue weighted by molar-refractivity contribution is 7.11. The Morgan fingerprint density at radius 3 is 2.31 bits per heavy atom. The van der Waals surface area contributed by atoms with Crippen molar-refractivity contribution in [1.29, 1.82) is 0 Å². The van der Waals surface area contributed by atoms with Crippen LogP contribution in [0.1, 0.15) is 32.1 Å². The second kappa shape index (κ2) is 8.03. The van der Waals surface area contributed by atoms with Crippen molar-refractivity contribution >= 4 is 34.4 Å². The number of amides is 2. The fourth-order valence-electron chi connectivity index (χ4n) is 4.39. The maximum atomic E-state index is 13.5. The number of imide groups is 1. The summed E-state index contributed by atoms with van der Waals surface area (Å²) in [6.07, 6.45) is 1.14. The van der Waals surface area contributed by atoms with Gasteiger partial charge in [0.05, 0.1) is 17.9 Å². The molecule has 152 valence electrons. The molecule has 2 amide bonds. The number of benzene rings is 1. The highest BCUT2D eigenvalue weighted by Crippen LogP contribution is 2.38. The first kappa shape index (κ1) is 19.7. The minimum Gasteiger partial charge on any atom is -0.494 e. The van der Waals surface area contributed by atoms with Crippen molar-refractivity contribution in [2.75, 3.05) is 24.6 Å². The molecule has 2 aliphatic rings. The van der Waals surface area contributed by atoms with Crippen molar-refractivity contribution in [2.24, 2.45) is 11.8 Å². The molecule has 1 aromatic carbocycles. The molecule has 2 aliphatic heterocycles. The summed E-state index contributed by atoms with van der Waals surface area (Å²) in [6, 6.07) is 11.0. The molecule has 1 aromatic heterocycles. The van der Waals surface area contributed by atoms with Gasteiger partial charge in [0.1, 0.15) is 11.4 Å². The zero-order chi connectivity index (χ0) is 20.5. The summed E-state index contributed by atoms with van der Waals surface area (Å²) in [4.78, 5) is 31.2. The van der Waals surface area contributed by atoms with Crippen LogP contribution in [0.3, 0.4) is 0 Å². The lowest BCUT2D eigenvalue weighted by Crippen LogP contribution is -2.42. The molecule has 0 N–H and O–H groups in total. The van der Waals surface area contributed by atoms with Crippen LogP contribution in [0.15, 0.2) is 47.5 Å². The van der Waals surface area contributed by atoms with Crippen LogP contribution in [0.2, 0.25) is 0 Å². The third kappa shape index (κ3) is 3.69. The largest absolute Gasteiger partial charge is 0.494 e. The zero-order valence-electron chi connectivity index (χ0n) is 17.1. The van der Waals surface area contributed by atoms with Crippen LogP contribution in [0.4, 0.5) is 5.69 Å². The number of hydrogen-bond acceptors (Lipinski definition) is 5. The van der Waals surface area contributed by atoms with Crippen molar-refractivity contribution < 1.29 is 14.3 Å². The van der Waals surface area contributed by atoms with Gasteiger partial charge >= 0.3 is 0 Å². The molecule has 0 aliphatic carbocycles. The Balaban J connectivity index is 1.74. The minimum absolute atomic E-state index is 0.233. The number of hydrogen-bond donors (Lipinski definition) is 0. The number of anilines is 1. The minimum atomic E-state index is -0.248. The predicted molar refractivity (Wildman–Crippen MR) is 116 cm³/mol. The van der Waals surface area contributed by atoms with Gasteiger partial charge in [-0.2, -0.15) is 0 Å². The molecule has 4 rings (SSSR count). The van der Waals surface area contributed by atoms with Crippen LogP contribution in [-0.4, -0.2) is 36.4 Å². The van der Waals surface area contributed by atoms with Crippen molar-refractivity contribution in [3.63, 3.8) is 0 Å². The van der Waals surface area contributed by atoms with Crippen molar-refractivity contribution in [3.05, 3.63) is 52.4 Å². The molecule has 3 heterocycles. The van der Waals surface area contributed by atoms with E-state index in [9.17, 15) is 9.59 Å². The van der Waals surface area contributed by atoms with Gasteiger partial charge in [0, 0.05) is 18.0 Å². The Bertz CT molecular complexity index is 924. The summed E-state index contributed by atoms with van der Waals surface area (Å²) in [7, 11) is 0. The number of carbonyl (C=O) groups excluding carboxylic acids is 2. The van der Waals surface area contributed by atoms with Gasteiger partial charge in [-0.3, -0.25) is 9.59 Å². The van der Waals surface area contributed by atoms with Crippen molar-refractivity contribution in [2.45, 2.75) is 27.2 Å². The molecular weight excluding hydrogens is 384 g/mol. The average molecular weight is 411 g/mol. The van der Waals surface area contributed by atoms with E-state index >= 15 is 0 Å². The predicted octanol–water partition coefficient (Wildman–Crippen LogP) is 4.41. The van der Waals surface area contributed by atoms with E-state index in [0.29, 0.717) is 35.4 Å². The van der Waals surface area contributed by atoms with Gasteiger partial charge in [-0.25, -0.2) is 4.90 Å². The van der Waals surface area contributed by atoms with Gasteiger partial charge in [0.15, 0.2) is 0 Å². The molecular formula is C23H26N2O3S. The van der Waals surface area contributed by atoms with Crippen LogP contribution < -0.4 is 9.64 Å². The number of thiophene rings is 1. The maximum Gasteiger partial charge on any atom is 0.282 e. The molecule has 2 atom stereocenters. The first-order valence-corrected chi connectivity index (χ1v) is 11.0. The quantitative estimate of drug-likeness (QED) is 0.685. The van der Waals surface area contributed by atoms with E-state index in [1.165, 1.54) is 16.2 Å². The van der Waals surface area contributed by atoms with Crippen LogP contribution in [0.25, 0.3) is 5.57 Å². The third-order valence-corrected chi connectivity index (χ3v) is 6.31. The Kier molecular flexibility index (Phi) is 5.46. The Morgan fingerprint density at radius 1 is 1.03 bits per heavy atom. The number of ether oxygens (including phenoxy) is 1. The first-order chi connectivity index (χ1) is 14.0. The standard InChI is InChI=1S/C23H26N2O3S/c1-4-28-18-9-7-17(8-10-18)25-22(26)20(19-6-5-11-29-19)21(23(25)27)24-13-15(2)12-16(3)14-24/h5-11,15-16H,4,12-14H2,1-3H3. The van der Waals surface area contributed by atoms with Crippen LogP contribution in [0, 0.1) is 11.8 Å². The summed E-state index contributed by atoms with van der Waals surface area (Å²) < 4.78 is 5.49. The van der Waals surface area contributed by atoms with Crippen LogP contribution >= 0.6 is 11.3 Å². The number of piperidine rings is 1. The number of nitrogens with zero attached hydrogens (tertiary/aromatic N) is 2. The molecule has 0 saturated carbocycles. The van der Waals surface area contributed by atoms with Crippen LogP contribution in [-0.2, 0) is 9.59 Å². The molecule has 1 saturated heterocycles. The number of rotatable bonds is 5. The van der Waals surface area contributed by atoms with Gasteiger partial charge < -0.3 is 9.64 Å². The second-order valence-electron chi connectivity index (χ2n) is 7.92. The van der Waals surface area contributed by atoms with Gasteiger partial charge in [-0.15, -0.1) is 11.3 Å². The highest BCUT2D eigenvalue weighted by Gasteiger charge is 2.44. The van der Waals surface area contributed by atoms with E-state index in [0.717, 1.165) is 30.1 Å². The SMILES string of the molecule is CCOc1ccc(N2C(=O)C(c3cccs3)=C(N3CC(C)CC(C)C3)C2=O)cc1. The average Bonchev–Trinajstić information content (AvgIpc) is 3.28. The molecule has 0 spiro atoms. The lowest BCUT2D eigenvalue weighted by Gasteiger charge is -2.37. The van der Waals surface area contributed by atoms with Crippen molar-refractivity contribution in [1.82, 2.24) is 4.90 Å². The number of likely N-dealkylation sites (tertiary alicyclic amines) is 1. The molecule has 0 radical (unpaired) electrons. The Morgan fingerprint density at radius 2 is 1.72 bits per heavy atom. The lowest BCUT2D eigenvalue weighted by molar-refractivity contribution is -0.120. The smallest absolute Gasteiger partial charge is 0.282 e. The summed E-state index contributed by atoms with van der Waals surface area (Å²) in [5.41, 5.74) is 1.65. The molecule has 2 aromatic rings. The lowest BCUT2D eigenvalue weighted by atomic mass is 9.91. The van der Waals surface area contributed by atoms with E-state index in [4.69, 9.17) is 4.74 Å². The van der Waals surface area contributed by atoms with E-state index in [1.54, 1.807) is 24.3 Å². The van der Waals surface area contributed by atoms with Gasteiger partial charge in [0.25, 0.3) is 11.8 Å². The maximum absolute atomic E-state index is 13.5. The van der Waals surface area contributed by atoms with E-state index in [1.807, 2.05) is 24.4 Å². The highest BCUT2D eigenvalue weighted by atomic mass is 32.1. The van der Waals surface area contributed by atoms with Gasteiger partial charge in [0.2, 0.25) is 0 Å². The summed E-state index contributed by atoms with van der Waals surface area (Å²) >= 11 is 1.50. The Hall–Kier alpha value is -2.60. The summed E-state index contributed by atoms with van der Waals surface area (Å²) in [6.45, 7) is 8.50. The topological polar surface area (TPSA) is 49.9 Å². The molecule has 1 fully saturated rings.